The molecule has 2 aromatic carbocycles. The van der Waals surface area contributed by atoms with E-state index in [9.17, 15) is 0 Å². The van der Waals surface area contributed by atoms with Gasteiger partial charge in [-0.1, -0.05) is 53.5 Å². The van der Waals surface area contributed by atoms with E-state index in [1.54, 1.807) is 12.4 Å². The van der Waals surface area contributed by atoms with Crippen molar-refractivity contribution in [2.45, 2.75) is 0 Å². The first-order valence-corrected chi connectivity index (χ1v) is 7.36. The smallest absolute Gasteiger partial charge is 0.148 e. The number of hydrogen-bond acceptors (Lipinski definition) is 3. The fraction of sp³-hybridized carbons (Fsp3) is 0. The van der Waals surface area contributed by atoms with Crippen LogP contribution in [0.5, 0.6) is 0 Å². The van der Waals surface area contributed by atoms with Crippen LogP contribution >= 0.6 is 23.2 Å². The van der Waals surface area contributed by atoms with Gasteiger partial charge < -0.3 is 0 Å². The Kier molecular flexibility index (Phi) is 4.47. The summed E-state index contributed by atoms with van der Waals surface area (Å²) in [6, 6.07) is 17.3. The second-order valence-corrected chi connectivity index (χ2v) is 5.26. The summed E-state index contributed by atoms with van der Waals surface area (Å²) in [6.45, 7) is 0. The van der Waals surface area contributed by atoms with Crippen molar-refractivity contribution in [2.24, 2.45) is 0 Å². The van der Waals surface area contributed by atoms with Crippen LogP contribution in [0, 0.1) is 0 Å². The van der Waals surface area contributed by atoms with E-state index in [2.05, 4.69) is 15.0 Å². The zero-order chi connectivity index (χ0) is 15.4. The van der Waals surface area contributed by atoms with Gasteiger partial charge in [0.1, 0.15) is 5.15 Å². The Hall–Kier alpha value is -2.23. The number of benzene rings is 2. The molecule has 0 aliphatic carbocycles. The molecule has 0 spiro atoms. The summed E-state index contributed by atoms with van der Waals surface area (Å²) in [5.41, 5.74) is 2.77. The van der Waals surface area contributed by atoms with Crippen molar-refractivity contribution in [3.05, 3.63) is 77.2 Å². The summed E-state index contributed by atoms with van der Waals surface area (Å²) in [5.74, 6) is 0. The van der Waals surface area contributed by atoms with Gasteiger partial charge in [-0.3, -0.25) is 9.97 Å². The molecule has 0 saturated carbocycles. The van der Waals surface area contributed by atoms with Crippen molar-refractivity contribution in [2.75, 3.05) is 0 Å². The molecule has 5 heteroatoms. The third-order valence-electron chi connectivity index (χ3n) is 3.01. The molecule has 0 unspecified atom stereocenters. The van der Waals surface area contributed by atoms with Crippen LogP contribution in [-0.2, 0) is 0 Å². The van der Waals surface area contributed by atoms with Gasteiger partial charge in [0.15, 0.2) is 0 Å². The van der Waals surface area contributed by atoms with Crippen molar-refractivity contribution in [1.82, 2.24) is 15.0 Å². The second kappa shape index (κ2) is 6.69. The predicted molar refractivity (Wildman–Crippen MR) is 91.3 cm³/mol. The van der Waals surface area contributed by atoms with Crippen molar-refractivity contribution in [3.63, 3.8) is 0 Å². The van der Waals surface area contributed by atoms with Crippen LogP contribution in [0.25, 0.3) is 21.9 Å². The Balaban J connectivity index is 0.000000133. The second-order valence-electron chi connectivity index (χ2n) is 4.50. The maximum atomic E-state index is 5.79. The first-order chi connectivity index (χ1) is 10.7. The van der Waals surface area contributed by atoms with Crippen LogP contribution < -0.4 is 0 Å². The maximum absolute atomic E-state index is 5.79. The molecule has 0 N–H and O–H groups in total. The van der Waals surface area contributed by atoms with Crippen LogP contribution in [0.3, 0.4) is 0 Å². The van der Waals surface area contributed by atoms with Crippen LogP contribution in [0.4, 0.5) is 0 Å². The van der Waals surface area contributed by atoms with E-state index in [-0.39, 0.29) is 0 Å². The van der Waals surface area contributed by atoms with Crippen molar-refractivity contribution in [1.29, 1.82) is 0 Å². The molecule has 3 nitrogen and oxygen atoms in total. The van der Waals surface area contributed by atoms with Gasteiger partial charge in [0.25, 0.3) is 0 Å². The van der Waals surface area contributed by atoms with Gasteiger partial charge in [-0.2, -0.15) is 0 Å². The van der Waals surface area contributed by atoms with E-state index < -0.39 is 0 Å². The topological polar surface area (TPSA) is 38.7 Å². The number of pyridine rings is 1. The summed E-state index contributed by atoms with van der Waals surface area (Å²) in [6.07, 6.45) is 3.39. The third-order valence-corrected chi connectivity index (χ3v) is 3.68. The molecule has 22 heavy (non-hydrogen) atoms. The number of aromatic nitrogens is 3. The lowest BCUT2D eigenvalue weighted by Crippen LogP contribution is -1.79. The largest absolute Gasteiger partial charge is 0.253 e. The molecule has 0 atom stereocenters. The Morgan fingerprint density at radius 2 is 1.23 bits per heavy atom. The molecule has 0 amide bonds. The molecule has 0 bridgehead atoms. The number of rotatable bonds is 0. The molecule has 108 valence electrons. The fourth-order valence-corrected chi connectivity index (χ4v) is 2.28. The number of fused-ring (bicyclic) bond motifs is 2. The maximum Gasteiger partial charge on any atom is 0.148 e. The summed E-state index contributed by atoms with van der Waals surface area (Å²) < 4.78 is 0. The highest BCUT2D eigenvalue weighted by Crippen LogP contribution is 2.23. The van der Waals surface area contributed by atoms with Gasteiger partial charge in [0, 0.05) is 17.8 Å². The molecule has 0 saturated heterocycles. The molecule has 0 fully saturated rings. The monoisotopic (exact) mass is 327 g/mol. The Morgan fingerprint density at radius 3 is 1.86 bits per heavy atom. The van der Waals surface area contributed by atoms with Crippen LogP contribution in [0.1, 0.15) is 0 Å². The van der Waals surface area contributed by atoms with Gasteiger partial charge in [0.05, 0.1) is 21.6 Å². The minimum absolute atomic E-state index is 0.357. The lowest BCUT2D eigenvalue weighted by Gasteiger charge is -1.98. The lowest BCUT2D eigenvalue weighted by atomic mass is 10.2. The van der Waals surface area contributed by atoms with Crippen LogP contribution in [0.15, 0.2) is 67.0 Å². The summed E-state index contributed by atoms with van der Waals surface area (Å²) in [7, 11) is 0. The SMILES string of the molecule is Clc1cc2ccccc2nc1Cl.c1ccc2nccnc2c1. The van der Waals surface area contributed by atoms with Gasteiger partial charge in [-0.15, -0.1) is 0 Å². The standard InChI is InChI=1S/C9H5Cl2N.C8H6N2/c10-7-5-6-3-1-2-4-8(6)12-9(7)11;1-2-4-8-7(3-1)9-5-6-10-8/h1-5H;1-6H. The minimum Gasteiger partial charge on any atom is -0.253 e. The molecule has 0 aliphatic heterocycles. The highest BCUT2D eigenvalue weighted by atomic mass is 35.5. The van der Waals surface area contributed by atoms with E-state index in [1.807, 2.05) is 54.6 Å². The average Bonchev–Trinajstić information content (AvgIpc) is 2.57. The normalized spacial score (nSPS) is 10.3. The highest BCUT2D eigenvalue weighted by molar-refractivity contribution is 6.41. The number of halogens is 2. The van der Waals surface area contributed by atoms with Crippen molar-refractivity contribution >= 4 is 45.1 Å². The van der Waals surface area contributed by atoms with Crippen molar-refractivity contribution in [3.8, 4) is 0 Å². The van der Waals surface area contributed by atoms with E-state index in [1.165, 1.54) is 0 Å². The zero-order valence-corrected chi connectivity index (χ0v) is 13.0. The molecule has 4 aromatic rings. The van der Waals surface area contributed by atoms with E-state index in [0.717, 1.165) is 21.9 Å². The summed E-state index contributed by atoms with van der Waals surface area (Å²) >= 11 is 11.5. The van der Waals surface area contributed by atoms with Gasteiger partial charge in [-0.05, 0) is 24.3 Å². The van der Waals surface area contributed by atoms with Gasteiger partial charge >= 0.3 is 0 Å². The van der Waals surface area contributed by atoms with Crippen LogP contribution in [0.2, 0.25) is 10.2 Å². The van der Waals surface area contributed by atoms with Gasteiger partial charge in [-0.25, -0.2) is 4.98 Å². The summed E-state index contributed by atoms with van der Waals surface area (Å²) in [4.78, 5) is 12.3. The first-order valence-electron chi connectivity index (χ1n) is 6.60. The molecule has 2 aromatic heterocycles. The summed E-state index contributed by atoms with van der Waals surface area (Å²) in [5, 5.41) is 1.86. The minimum atomic E-state index is 0.357. The molecular formula is C17H11Cl2N3. The number of nitrogens with zero attached hydrogens (tertiary/aromatic N) is 3. The Morgan fingerprint density at radius 1 is 0.682 bits per heavy atom. The lowest BCUT2D eigenvalue weighted by molar-refractivity contribution is 1.29. The number of para-hydroxylation sites is 3. The molecule has 0 radical (unpaired) electrons. The number of hydrogen-bond donors (Lipinski definition) is 0. The molecule has 4 rings (SSSR count). The van der Waals surface area contributed by atoms with E-state index in [4.69, 9.17) is 23.2 Å². The van der Waals surface area contributed by atoms with Crippen molar-refractivity contribution < 1.29 is 0 Å². The highest BCUT2D eigenvalue weighted by Gasteiger charge is 2.00. The van der Waals surface area contributed by atoms with Crippen LogP contribution in [-0.4, -0.2) is 15.0 Å². The van der Waals surface area contributed by atoms with Gasteiger partial charge in [0.2, 0.25) is 0 Å². The Labute approximate surface area is 137 Å². The third kappa shape index (κ3) is 3.32. The molecule has 0 aliphatic rings. The van der Waals surface area contributed by atoms with E-state index in [0.29, 0.717) is 10.2 Å². The Bertz CT molecular complexity index is 820. The predicted octanol–water partition coefficient (Wildman–Crippen LogP) is 5.17. The molecular weight excluding hydrogens is 317 g/mol. The molecule has 2 heterocycles. The fourth-order valence-electron chi connectivity index (χ4n) is 1.98. The average molecular weight is 328 g/mol. The first kappa shape index (κ1) is 14.7. The van der Waals surface area contributed by atoms with E-state index >= 15 is 0 Å². The quantitative estimate of drug-likeness (QED) is 0.418. The zero-order valence-electron chi connectivity index (χ0n) is 11.4.